The fourth-order valence-electron chi connectivity index (χ4n) is 3.46. The molecule has 5 rings (SSSR count). The summed E-state index contributed by atoms with van der Waals surface area (Å²) in [5.41, 5.74) is 6.24. The maximum atomic E-state index is 12.6. The molecule has 6 nitrogen and oxygen atoms in total. The van der Waals surface area contributed by atoms with Gasteiger partial charge in [-0.1, -0.05) is 97.7 Å². The molecule has 184 valence electrons. The Labute approximate surface area is 239 Å². The van der Waals surface area contributed by atoms with Crippen LogP contribution in [0.3, 0.4) is 0 Å². The zero-order valence-corrected chi connectivity index (χ0v) is 24.3. The van der Waals surface area contributed by atoms with Crippen molar-refractivity contribution in [2.45, 2.75) is 12.1 Å². The van der Waals surface area contributed by atoms with Crippen LogP contribution in [0.4, 0.5) is 5.13 Å². The molecule has 0 aliphatic carbocycles. The summed E-state index contributed by atoms with van der Waals surface area (Å²) in [4.78, 5) is 22.0. The molecule has 0 atom stereocenters. The van der Waals surface area contributed by atoms with Crippen LogP contribution in [0.2, 0.25) is 0 Å². The van der Waals surface area contributed by atoms with Gasteiger partial charge < -0.3 is 5.32 Å². The maximum absolute atomic E-state index is 12.6. The summed E-state index contributed by atoms with van der Waals surface area (Å²) < 4.78 is 1.95. The lowest BCUT2D eigenvalue weighted by atomic mass is 10.0. The van der Waals surface area contributed by atoms with E-state index in [0.29, 0.717) is 21.7 Å². The first-order valence-electron chi connectivity index (χ1n) is 11.2. The predicted molar refractivity (Wildman–Crippen MR) is 158 cm³/mol. The summed E-state index contributed by atoms with van der Waals surface area (Å²) >= 11 is 9.59. The minimum Gasteiger partial charge on any atom is -0.301 e. The molecule has 0 fully saturated rings. The number of amides is 1. The quantitative estimate of drug-likeness (QED) is 0.180. The van der Waals surface area contributed by atoms with Crippen molar-refractivity contribution in [1.29, 1.82) is 0 Å². The molecule has 10 heteroatoms. The number of thioether (sulfide) groups is 1. The molecule has 0 aliphatic rings. The van der Waals surface area contributed by atoms with E-state index >= 15 is 0 Å². The molecular formula is C27H19Br2N5OS2. The van der Waals surface area contributed by atoms with Crippen molar-refractivity contribution < 1.29 is 4.79 Å². The van der Waals surface area contributed by atoms with Crippen molar-refractivity contribution in [1.82, 2.24) is 20.2 Å². The second-order valence-electron chi connectivity index (χ2n) is 8.05. The minimum atomic E-state index is -0.180. The van der Waals surface area contributed by atoms with E-state index in [0.717, 1.165) is 31.3 Å². The first kappa shape index (κ1) is 25.7. The average Bonchev–Trinajstić information content (AvgIpc) is 3.37. The average molecular weight is 653 g/mol. The molecule has 0 bridgehead atoms. The Morgan fingerprint density at radius 2 is 1.41 bits per heavy atom. The number of anilines is 1. The predicted octanol–water partition coefficient (Wildman–Crippen LogP) is 7.89. The minimum absolute atomic E-state index is 0.137. The Balaban J connectivity index is 1.31. The van der Waals surface area contributed by atoms with Crippen LogP contribution in [0, 0.1) is 6.92 Å². The van der Waals surface area contributed by atoms with Crippen molar-refractivity contribution >= 4 is 66.0 Å². The molecule has 37 heavy (non-hydrogen) atoms. The number of nitrogens with zero attached hydrogens (tertiary/aromatic N) is 4. The van der Waals surface area contributed by atoms with Crippen molar-refractivity contribution in [3.63, 3.8) is 0 Å². The van der Waals surface area contributed by atoms with Crippen LogP contribution in [-0.2, 0) is 4.79 Å². The lowest BCUT2D eigenvalue weighted by Crippen LogP contribution is -2.14. The molecule has 0 saturated heterocycles. The van der Waals surface area contributed by atoms with Gasteiger partial charge in [0.15, 0.2) is 5.13 Å². The summed E-state index contributed by atoms with van der Waals surface area (Å²) in [7, 11) is 0. The highest BCUT2D eigenvalue weighted by Crippen LogP contribution is 2.31. The lowest BCUT2D eigenvalue weighted by Gasteiger charge is -2.10. The van der Waals surface area contributed by atoms with Gasteiger partial charge in [-0.25, -0.2) is 9.97 Å². The van der Waals surface area contributed by atoms with E-state index in [1.807, 2.05) is 85.1 Å². The fourth-order valence-corrected chi connectivity index (χ4v) is 5.31. The van der Waals surface area contributed by atoms with Crippen molar-refractivity contribution in [2.75, 3.05) is 11.1 Å². The molecule has 0 spiro atoms. The van der Waals surface area contributed by atoms with Gasteiger partial charge in [0.2, 0.25) is 11.1 Å². The van der Waals surface area contributed by atoms with Gasteiger partial charge in [-0.15, -0.1) is 21.5 Å². The zero-order chi connectivity index (χ0) is 25.8. The summed E-state index contributed by atoms with van der Waals surface area (Å²) in [5.74, 6) is -0.0426. The molecule has 0 aliphatic heterocycles. The largest absolute Gasteiger partial charge is 0.301 e. The van der Waals surface area contributed by atoms with E-state index in [1.54, 1.807) is 0 Å². The normalized spacial score (nSPS) is 10.9. The van der Waals surface area contributed by atoms with Gasteiger partial charge in [0.25, 0.3) is 0 Å². The lowest BCUT2D eigenvalue weighted by molar-refractivity contribution is -0.113. The monoisotopic (exact) mass is 651 g/mol. The Hall–Kier alpha value is -2.92. The first-order chi connectivity index (χ1) is 17.9. The Morgan fingerprint density at radius 3 is 2.05 bits per heavy atom. The highest BCUT2D eigenvalue weighted by atomic mass is 79.9. The van der Waals surface area contributed by atoms with Crippen LogP contribution in [0.15, 0.2) is 92.3 Å². The Kier molecular flexibility index (Phi) is 8.09. The molecule has 1 amide bonds. The van der Waals surface area contributed by atoms with Gasteiger partial charge in [-0.3, -0.25) is 4.79 Å². The van der Waals surface area contributed by atoms with E-state index in [9.17, 15) is 4.79 Å². The maximum Gasteiger partial charge on any atom is 0.236 e. The van der Waals surface area contributed by atoms with Crippen molar-refractivity contribution in [3.8, 4) is 33.8 Å². The zero-order valence-electron chi connectivity index (χ0n) is 19.5. The van der Waals surface area contributed by atoms with Crippen LogP contribution in [0.25, 0.3) is 33.8 Å². The van der Waals surface area contributed by atoms with E-state index in [1.165, 1.54) is 28.7 Å². The van der Waals surface area contributed by atoms with E-state index < -0.39 is 0 Å². The molecule has 0 saturated carbocycles. The number of halogens is 2. The smallest absolute Gasteiger partial charge is 0.236 e. The molecule has 2 aromatic heterocycles. The number of rotatable bonds is 7. The van der Waals surface area contributed by atoms with Crippen LogP contribution < -0.4 is 5.32 Å². The van der Waals surface area contributed by atoms with Gasteiger partial charge in [0, 0.05) is 31.0 Å². The highest BCUT2D eigenvalue weighted by molar-refractivity contribution is 9.10. The third-order valence-corrected chi connectivity index (χ3v) is 7.99. The summed E-state index contributed by atoms with van der Waals surface area (Å²) in [6.45, 7) is 2.05. The second-order valence-corrected chi connectivity index (χ2v) is 11.7. The van der Waals surface area contributed by atoms with Crippen LogP contribution in [0.5, 0.6) is 0 Å². The first-order valence-corrected chi connectivity index (χ1v) is 14.6. The highest BCUT2D eigenvalue weighted by Gasteiger charge is 2.16. The third kappa shape index (κ3) is 6.51. The molecular weight excluding hydrogens is 634 g/mol. The van der Waals surface area contributed by atoms with E-state index in [-0.39, 0.29) is 11.7 Å². The SMILES string of the molecule is Cc1ccc(-c2csc(NC(=O)CSc3nnc(-c4ccc(Br)cc4)c(-c4ccc(Br)cc4)n3)n2)cc1. The molecule has 0 radical (unpaired) electrons. The molecule has 5 aromatic rings. The number of thiazole rings is 1. The second kappa shape index (κ2) is 11.6. The number of aryl methyl sites for hydroxylation is 1. The molecule has 2 heterocycles. The van der Waals surface area contributed by atoms with Crippen LogP contribution >= 0.6 is 55.0 Å². The summed E-state index contributed by atoms with van der Waals surface area (Å²) in [6.07, 6.45) is 0. The number of nitrogens with one attached hydrogen (secondary N) is 1. The van der Waals surface area contributed by atoms with Gasteiger partial charge >= 0.3 is 0 Å². The number of aromatic nitrogens is 4. The van der Waals surface area contributed by atoms with Crippen LogP contribution in [0.1, 0.15) is 5.56 Å². The molecule has 3 aromatic carbocycles. The van der Waals surface area contributed by atoms with Gasteiger partial charge in [0.1, 0.15) is 11.4 Å². The Bertz CT molecular complexity index is 1540. The fraction of sp³-hybridized carbons (Fsp3) is 0.0741. The number of benzene rings is 3. The topological polar surface area (TPSA) is 80.7 Å². The summed E-state index contributed by atoms with van der Waals surface area (Å²) in [6, 6.07) is 23.9. The van der Waals surface area contributed by atoms with Gasteiger partial charge in [0.05, 0.1) is 11.4 Å². The van der Waals surface area contributed by atoms with Gasteiger partial charge in [-0.05, 0) is 31.2 Å². The van der Waals surface area contributed by atoms with E-state index in [2.05, 4.69) is 52.4 Å². The third-order valence-electron chi connectivity index (χ3n) is 5.33. The number of carbonyl (C=O) groups is 1. The number of carbonyl (C=O) groups excluding carboxylic acids is 1. The standard InChI is InChI=1S/C27H19Br2N5OS2/c1-16-2-4-17(5-3-16)22-14-36-26(30-22)31-23(35)15-37-27-32-24(18-6-10-20(28)11-7-18)25(33-34-27)19-8-12-21(29)13-9-19/h2-14H,15H2,1H3,(H,30,31,35). The number of hydrogen-bond donors (Lipinski definition) is 1. The molecule has 0 unspecified atom stereocenters. The Morgan fingerprint density at radius 1 is 0.811 bits per heavy atom. The van der Waals surface area contributed by atoms with Gasteiger partial charge in [-0.2, -0.15) is 0 Å². The van der Waals surface area contributed by atoms with Crippen molar-refractivity contribution in [3.05, 3.63) is 92.7 Å². The van der Waals surface area contributed by atoms with Crippen LogP contribution in [-0.4, -0.2) is 31.8 Å². The summed E-state index contributed by atoms with van der Waals surface area (Å²) in [5, 5.41) is 14.6. The van der Waals surface area contributed by atoms with E-state index in [4.69, 9.17) is 4.98 Å². The van der Waals surface area contributed by atoms with Crippen molar-refractivity contribution in [2.24, 2.45) is 0 Å². The number of hydrogen-bond acceptors (Lipinski definition) is 7. The molecule has 1 N–H and O–H groups in total.